The maximum Gasteiger partial charge on any atom is 0.320 e. The van der Waals surface area contributed by atoms with Gasteiger partial charge in [0.05, 0.1) is 12.0 Å². The van der Waals surface area contributed by atoms with E-state index in [0.717, 1.165) is 37.9 Å². The highest BCUT2D eigenvalue weighted by molar-refractivity contribution is 5.73. The lowest BCUT2D eigenvalue weighted by atomic mass is 10.1. The molecule has 2 heterocycles. The van der Waals surface area contributed by atoms with Crippen LogP contribution in [0.25, 0.3) is 0 Å². The van der Waals surface area contributed by atoms with Crippen molar-refractivity contribution in [2.45, 2.75) is 38.3 Å². The topological polar surface area (TPSA) is 58.4 Å². The first-order chi connectivity index (χ1) is 8.18. The highest BCUT2D eigenvalue weighted by Gasteiger charge is 2.27. The van der Waals surface area contributed by atoms with Gasteiger partial charge >= 0.3 is 5.97 Å². The molecule has 1 unspecified atom stereocenters. The van der Waals surface area contributed by atoms with Crippen LogP contribution in [0.15, 0.2) is 12.5 Å². The van der Waals surface area contributed by atoms with Crippen LogP contribution in [0.2, 0.25) is 0 Å². The number of aliphatic carboxylic acids is 1. The number of hydrogen-bond donors (Lipinski definition) is 1. The summed E-state index contributed by atoms with van der Waals surface area (Å²) >= 11 is 0. The number of likely N-dealkylation sites (tertiary alicyclic amines) is 1. The predicted molar refractivity (Wildman–Crippen MR) is 63.5 cm³/mol. The molecule has 5 heteroatoms. The van der Waals surface area contributed by atoms with E-state index in [-0.39, 0.29) is 6.04 Å². The Bertz CT molecular complexity index is 389. The van der Waals surface area contributed by atoms with Crippen LogP contribution in [0.4, 0.5) is 0 Å². The van der Waals surface area contributed by atoms with Crippen molar-refractivity contribution in [2.24, 2.45) is 7.05 Å². The van der Waals surface area contributed by atoms with E-state index >= 15 is 0 Å². The number of carbonyl (C=O) groups is 1. The van der Waals surface area contributed by atoms with E-state index in [1.54, 1.807) is 6.33 Å². The van der Waals surface area contributed by atoms with Crippen molar-refractivity contribution in [3.8, 4) is 0 Å². The van der Waals surface area contributed by atoms with E-state index in [9.17, 15) is 9.90 Å². The van der Waals surface area contributed by atoms with Gasteiger partial charge in [-0.15, -0.1) is 0 Å². The molecule has 1 fully saturated rings. The molecule has 1 N–H and O–H groups in total. The van der Waals surface area contributed by atoms with Crippen LogP contribution < -0.4 is 0 Å². The quantitative estimate of drug-likeness (QED) is 0.859. The summed E-state index contributed by atoms with van der Waals surface area (Å²) < 4.78 is 1.95. The summed E-state index contributed by atoms with van der Waals surface area (Å²) in [7, 11) is 1.94. The minimum atomic E-state index is -0.700. The molecule has 1 atom stereocenters. The van der Waals surface area contributed by atoms with Gasteiger partial charge in [0, 0.05) is 19.8 Å². The van der Waals surface area contributed by atoms with Gasteiger partial charge in [0.25, 0.3) is 0 Å². The Kier molecular flexibility index (Phi) is 3.78. The number of hydrogen-bond acceptors (Lipinski definition) is 3. The molecular formula is C12H19N3O2. The first-order valence-electron chi connectivity index (χ1n) is 6.10. The van der Waals surface area contributed by atoms with Crippen LogP contribution in [0.3, 0.4) is 0 Å². The van der Waals surface area contributed by atoms with Crippen LogP contribution in [-0.2, 0) is 18.4 Å². The number of carboxylic acids is 1. The third-order valence-corrected chi connectivity index (χ3v) is 3.43. The number of carboxylic acid groups (broad SMARTS) is 1. The van der Waals surface area contributed by atoms with Crippen molar-refractivity contribution in [2.75, 3.05) is 6.54 Å². The Morgan fingerprint density at radius 1 is 1.53 bits per heavy atom. The Morgan fingerprint density at radius 3 is 3.00 bits per heavy atom. The van der Waals surface area contributed by atoms with Crippen molar-refractivity contribution in [3.63, 3.8) is 0 Å². The highest BCUT2D eigenvalue weighted by Crippen LogP contribution is 2.19. The molecule has 17 heavy (non-hydrogen) atoms. The lowest BCUT2D eigenvalue weighted by molar-refractivity contribution is -0.143. The molecule has 1 aliphatic rings. The maximum absolute atomic E-state index is 11.3. The number of rotatable bonds is 3. The van der Waals surface area contributed by atoms with E-state index in [2.05, 4.69) is 9.88 Å². The van der Waals surface area contributed by atoms with Gasteiger partial charge in [-0.2, -0.15) is 0 Å². The van der Waals surface area contributed by atoms with E-state index < -0.39 is 5.97 Å². The zero-order valence-electron chi connectivity index (χ0n) is 10.2. The highest BCUT2D eigenvalue weighted by atomic mass is 16.4. The molecule has 5 nitrogen and oxygen atoms in total. The Hall–Kier alpha value is -1.36. The Morgan fingerprint density at radius 2 is 2.35 bits per heavy atom. The van der Waals surface area contributed by atoms with Crippen LogP contribution in [0.5, 0.6) is 0 Å². The molecule has 1 aromatic heterocycles. The molecule has 0 bridgehead atoms. The lowest BCUT2D eigenvalue weighted by Gasteiger charge is -2.26. The second kappa shape index (κ2) is 5.31. The summed E-state index contributed by atoms with van der Waals surface area (Å²) in [6, 6.07) is -0.340. The van der Waals surface area contributed by atoms with Gasteiger partial charge < -0.3 is 9.67 Å². The average Bonchev–Trinajstić information content (AvgIpc) is 2.55. The second-order valence-electron chi connectivity index (χ2n) is 4.67. The maximum atomic E-state index is 11.3. The summed E-state index contributed by atoms with van der Waals surface area (Å²) in [4.78, 5) is 17.4. The molecule has 0 aromatic carbocycles. The second-order valence-corrected chi connectivity index (χ2v) is 4.67. The van der Waals surface area contributed by atoms with Crippen LogP contribution in [0.1, 0.15) is 31.4 Å². The molecule has 0 radical (unpaired) electrons. The fraction of sp³-hybridized carbons (Fsp3) is 0.667. The van der Waals surface area contributed by atoms with E-state index in [1.165, 1.54) is 0 Å². The first kappa shape index (κ1) is 12.1. The van der Waals surface area contributed by atoms with Crippen LogP contribution >= 0.6 is 0 Å². The lowest BCUT2D eigenvalue weighted by Crippen LogP contribution is -2.40. The number of aromatic nitrogens is 2. The van der Waals surface area contributed by atoms with E-state index in [0.29, 0.717) is 6.54 Å². The first-order valence-corrected chi connectivity index (χ1v) is 6.10. The summed E-state index contributed by atoms with van der Waals surface area (Å²) in [6.07, 6.45) is 7.55. The molecule has 2 rings (SSSR count). The average molecular weight is 237 g/mol. The van der Waals surface area contributed by atoms with Crippen molar-refractivity contribution in [3.05, 3.63) is 18.2 Å². The summed E-state index contributed by atoms with van der Waals surface area (Å²) in [5, 5.41) is 9.27. The molecule has 0 aliphatic carbocycles. The molecule has 94 valence electrons. The van der Waals surface area contributed by atoms with E-state index in [1.807, 2.05) is 17.8 Å². The number of imidazole rings is 1. The normalized spacial score (nSPS) is 22.3. The van der Waals surface area contributed by atoms with Crippen molar-refractivity contribution in [1.82, 2.24) is 14.5 Å². The largest absolute Gasteiger partial charge is 0.480 e. The standard InChI is InChI=1S/C12H19N3O2/c1-14-9-13-7-10(14)8-15-6-4-2-3-5-11(15)12(16)17/h7,9,11H,2-6,8H2,1H3,(H,16,17). The predicted octanol–water partition coefficient (Wildman–Crippen LogP) is 1.25. The number of aryl methyl sites for hydroxylation is 1. The minimum Gasteiger partial charge on any atom is -0.480 e. The molecule has 0 saturated carbocycles. The van der Waals surface area contributed by atoms with Gasteiger partial charge in [-0.1, -0.05) is 12.8 Å². The fourth-order valence-corrected chi connectivity index (χ4v) is 2.38. The molecule has 0 amide bonds. The minimum absolute atomic E-state index is 0.340. The summed E-state index contributed by atoms with van der Waals surface area (Å²) in [6.45, 7) is 1.54. The monoisotopic (exact) mass is 237 g/mol. The van der Waals surface area contributed by atoms with Crippen LogP contribution in [0, 0.1) is 0 Å². The molecule has 1 aromatic rings. The SMILES string of the molecule is Cn1cncc1CN1CCCCCC1C(=O)O. The van der Waals surface area contributed by atoms with Gasteiger partial charge in [0.2, 0.25) is 0 Å². The third-order valence-electron chi connectivity index (χ3n) is 3.43. The van der Waals surface area contributed by atoms with Gasteiger partial charge in [0.1, 0.15) is 6.04 Å². The van der Waals surface area contributed by atoms with Gasteiger partial charge in [0.15, 0.2) is 0 Å². The van der Waals surface area contributed by atoms with Crippen molar-refractivity contribution in [1.29, 1.82) is 0 Å². The molecular weight excluding hydrogens is 218 g/mol. The van der Waals surface area contributed by atoms with Crippen molar-refractivity contribution < 1.29 is 9.90 Å². The summed E-state index contributed by atoms with van der Waals surface area (Å²) in [5.74, 6) is -0.700. The smallest absolute Gasteiger partial charge is 0.320 e. The van der Waals surface area contributed by atoms with Crippen LogP contribution in [-0.4, -0.2) is 38.1 Å². The molecule has 1 saturated heterocycles. The fourth-order valence-electron chi connectivity index (χ4n) is 2.38. The van der Waals surface area contributed by atoms with Gasteiger partial charge in [-0.05, 0) is 19.4 Å². The zero-order chi connectivity index (χ0) is 12.3. The van der Waals surface area contributed by atoms with Gasteiger partial charge in [-0.25, -0.2) is 4.98 Å². The summed E-state index contributed by atoms with van der Waals surface area (Å²) in [5.41, 5.74) is 1.07. The third kappa shape index (κ3) is 2.85. The van der Waals surface area contributed by atoms with E-state index in [4.69, 9.17) is 0 Å². The molecule has 0 spiro atoms. The van der Waals surface area contributed by atoms with Gasteiger partial charge in [-0.3, -0.25) is 9.69 Å². The van der Waals surface area contributed by atoms with Crippen molar-refractivity contribution >= 4 is 5.97 Å². The Balaban J connectivity index is 2.10. The molecule has 1 aliphatic heterocycles. The number of nitrogens with zero attached hydrogens (tertiary/aromatic N) is 3. The zero-order valence-corrected chi connectivity index (χ0v) is 10.2. The Labute approximate surface area is 101 Å².